The van der Waals surface area contributed by atoms with E-state index >= 15 is 0 Å². The van der Waals surface area contributed by atoms with E-state index in [0.717, 1.165) is 0 Å². The number of anilines is 1. The number of carbonyl (C=O) groups is 1. The molecule has 0 saturated carbocycles. The van der Waals surface area contributed by atoms with Crippen molar-refractivity contribution < 1.29 is 22.1 Å². The van der Waals surface area contributed by atoms with E-state index < -0.39 is 28.0 Å². The molecule has 6 nitrogen and oxygen atoms in total. The van der Waals surface area contributed by atoms with Crippen molar-refractivity contribution >= 4 is 21.7 Å². The normalized spacial score (nSPS) is 13.0. The van der Waals surface area contributed by atoms with Crippen molar-refractivity contribution in [1.29, 1.82) is 0 Å². The Kier molecular flexibility index (Phi) is 6.99. The lowest BCUT2D eigenvalue weighted by Crippen LogP contribution is -2.33. The fourth-order valence-electron chi connectivity index (χ4n) is 2.22. The first kappa shape index (κ1) is 20.5. The fraction of sp³-hybridized carbons (Fsp3) is 0.250. The van der Waals surface area contributed by atoms with E-state index in [4.69, 9.17) is 8.92 Å². The van der Waals surface area contributed by atoms with E-state index in [0.29, 0.717) is 11.4 Å². The van der Waals surface area contributed by atoms with Gasteiger partial charge in [-0.3, -0.25) is 4.79 Å². The zero-order valence-corrected chi connectivity index (χ0v) is 16.1. The lowest BCUT2D eigenvalue weighted by molar-refractivity contribution is -0.121. The first-order valence-electron chi connectivity index (χ1n) is 8.23. The minimum Gasteiger partial charge on any atom is -0.497 e. The van der Waals surface area contributed by atoms with Crippen LogP contribution in [0, 0.1) is 17.8 Å². The molecule has 2 aromatic carbocycles. The largest absolute Gasteiger partial charge is 0.497 e. The molecule has 0 aromatic heterocycles. The van der Waals surface area contributed by atoms with Crippen LogP contribution in [0.5, 0.6) is 5.75 Å². The maximum Gasteiger partial charge on any atom is 0.298 e. The summed E-state index contributed by atoms with van der Waals surface area (Å²) in [6.45, 7) is 3.12. The second-order valence-corrected chi connectivity index (χ2v) is 7.26. The average molecular weight is 387 g/mol. The Hall–Kier alpha value is -2.82. The summed E-state index contributed by atoms with van der Waals surface area (Å²) in [5.41, 5.74) is 0.557. The minimum atomic E-state index is -4.04. The molecular formula is C20H21NO5S. The molecule has 0 aliphatic carbocycles. The van der Waals surface area contributed by atoms with E-state index in [2.05, 4.69) is 17.2 Å². The second-order valence-electron chi connectivity index (χ2n) is 5.68. The molecule has 0 heterocycles. The molecule has 0 radical (unpaired) electrons. The van der Waals surface area contributed by atoms with Crippen LogP contribution in [0.2, 0.25) is 0 Å². The molecule has 142 valence electrons. The Morgan fingerprint density at radius 2 is 1.70 bits per heavy atom. The molecule has 0 aliphatic heterocycles. The molecule has 27 heavy (non-hydrogen) atoms. The minimum absolute atomic E-state index is 0.00988. The van der Waals surface area contributed by atoms with Gasteiger partial charge in [-0.2, -0.15) is 8.42 Å². The Labute approximate surface area is 159 Å². The number of ether oxygens (including phenoxy) is 1. The number of hydrogen-bond donors (Lipinski definition) is 1. The molecule has 0 fully saturated rings. The molecular weight excluding hydrogens is 366 g/mol. The number of methoxy groups -OCH3 is 1. The number of amides is 1. The standard InChI is InChI=1S/C20H21NO5S/c1-4-8-19(26-27(23,24)18-9-6-5-7-10-18)15(2)20(22)21-16-11-13-17(25-3)14-12-16/h5-7,9-15,19H,1-3H3,(H,21,22)/t15-,19-/m0/s1. The predicted octanol–water partition coefficient (Wildman–Crippen LogP) is 3.07. The van der Waals surface area contributed by atoms with E-state index in [1.807, 2.05) is 0 Å². The summed E-state index contributed by atoms with van der Waals surface area (Å²) in [4.78, 5) is 12.5. The highest BCUT2D eigenvalue weighted by Crippen LogP contribution is 2.20. The van der Waals surface area contributed by atoms with Crippen molar-refractivity contribution in [1.82, 2.24) is 0 Å². The van der Waals surface area contributed by atoms with E-state index in [-0.39, 0.29) is 4.90 Å². The maximum absolute atomic E-state index is 12.5. The lowest BCUT2D eigenvalue weighted by atomic mass is 10.0. The van der Waals surface area contributed by atoms with Crippen LogP contribution in [0.15, 0.2) is 59.5 Å². The van der Waals surface area contributed by atoms with Crippen molar-refractivity contribution in [2.24, 2.45) is 5.92 Å². The molecule has 0 aliphatic rings. The smallest absolute Gasteiger partial charge is 0.298 e. The Morgan fingerprint density at radius 1 is 1.07 bits per heavy atom. The van der Waals surface area contributed by atoms with Gasteiger partial charge in [0.2, 0.25) is 5.91 Å². The van der Waals surface area contributed by atoms with Crippen molar-refractivity contribution in [3.63, 3.8) is 0 Å². The number of hydrogen-bond acceptors (Lipinski definition) is 5. The van der Waals surface area contributed by atoms with Gasteiger partial charge >= 0.3 is 0 Å². The van der Waals surface area contributed by atoms with Gasteiger partial charge in [0.15, 0.2) is 0 Å². The maximum atomic E-state index is 12.5. The van der Waals surface area contributed by atoms with Crippen molar-refractivity contribution in [2.75, 3.05) is 12.4 Å². The molecule has 0 unspecified atom stereocenters. The third kappa shape index (κ3) is 5.58. The van der Waals surface area contributed by atoms with Crippen LogP contribution in [0.4, 0.5) is 5.69 Å². The third-order valence-electron chi connectivity index (χ3n) is 3.77. The van der Waals surface area contributed by atoms with E-state index in [9.17, 15) is 13.2 Å². The second kappa shape index (κ2) is 9.21. The van der Waals surface area contributed by atoms with Gasteiger partial charge in [0, 0.05) is 5.69 Å². The van der Waals surface area contributed by atoms with Gasteiger partial charge < -0.3 is 10.1 Å². The highest BCUT2D eigenvalue weighted by molar-refractivity contribution is 7.86. The number of rotatable bonds is 7. The molecule has 0 saturated heterocycles. The molecule has 0 spiro atoms. The molecule has 2 aromatic rings. The van der Waals surface area contributed by atoms with E-state index in [1.165, 1.54) is 12.1 Å². The first-order valence-corrected chi connectivity index (χ1v) is 9.63. The van der Waals surface area contributed by atoms with Gasteiger partial charge in [-0.15, -0.1) is 5.92 Å². The first-order chi connectivity index (χ1) is 12.9. The highest BCUT2D eigenvalue weighted by Gasteiger charge is 2.29. The average Bonchev–Trinajstić information content (AvgIpc) is 2.68. The van der Waals surface area contributed by atoms with Gasteiger partial charge in [-0.1, -0.05) is 31.0 Å². The molecule has 1 N–H and O–H groups in total. The lowest BCUT2D eigenvalue weighted by Gasteiger charge is -2.19. The van der Waals surface area contributed by atoms with Gasteiger partial charge in [-0.25, -0.2) is 4.18 Å². The molecule has 2 atom stereocenters. The monoisotopic (exact) mass is 387 g/mol. The van der Waals surface area contributed by atoms with Gasteiger partial charge in [0.05, 0.1) is 17.9 Å². The van der Waals surface area contributed by atoms with Crippen molar-refractivity contribution in [3.8, 4) is 17.6 Å². The van der Waals surface area contributed by atoms with Gasteiger partial charge in [-0.05, 0) is 43.3 Å². The molecule has 2 rings (SSSR count). The molecule has 0 bridgehead atoms. The zero-order valence-electron chi connectivity index (χ0n) is 15.3. The van der Waals surface area contributed by atoms with Crippen LogP contribution >= 0.6 is 0 Å². The van der Waals surface area contributed by atoms with Crippen LogP contribution in [0.3, 0.4) is 0 Å². The fourth-order valence-corrected chi connectivity index (χ4v) is 3.31. The van der Waals surface area contributed by atoms with Crippen LogP contribution in [-0.4, -0.2) is 27.5 Å². The number of benzene rings is 2. The summed E-state index contributed by atoms with van der Waals surface area (Å²) in [5, 5.41) is 2.72. The Morgan fingerprint density at radius 3 is 2.26 bits per heavy atom. The van der Waals surface area contributed by atoms with E-state index in [1.54, 1.807) is 63.4 Å². The van der Waals surface area contributed by atoms with Crippen LogP contribution in [0.1, 0.15) is 13.8 Å². The highest BCUT2D eigenvalue weighted by atomic mass is 32.2. The number of nitrogens with one attached hydrogen (secondary N) is 1. The summed E-state index contributed by atoms with van der Waals surface area (Å²) < 4.78 is 35.2. The summed E-state index contributed by atoms with van der Waals surface area (Å²) in [7, 11) is -2.49. The summed E-state index contributed by atoms with van der Waals surface area (Å²) in [6, 6.07) is 14.5. The third-order valence-corrected chi connectivity index (χ3v) is 5.08. The van der Waals surface area contributed by atoms with Crippen LogP contribution in [-0.2, 0) is 19.1 Å². The Balaban J connectivity index is 2.14. The van der Waals surface area contributed by atoms with Gasteiger partial charge in [0.1, 0.15) is 11.9 Å². The topological polar surface area (TPSA) is 81.7 Å². The molecule has 7 heteroatoms. The summed E-state index contributed by atoms with van der Waals surface area (Å²) in [5.74, 6) is 4.71. The molecule has 1 amide bonds. The SMILES string of the molecule is CC#C[C@H](OS(=O)(=O)c1ccccc1)[C@H](C)C(=O)Nc1ccc(OC)cc1. The van der Waals surface area contributed by atoms with Crippen molar-refractivity contribution in [2.45, 2.75) is 24.8 Å². The zero-order chi connectivity index (χ0) is 19.9. The summed E-state index contributed by atoms with van der Waals surface area (Å²) >= 11 is 0. The van der Waals surface area contributed by atoms with Crippen molar-refractivity contribution in [3.05, 3.63) is 54.6 Å². The number of carbonyl (C=O) groups excluding carboxylic acids is 1. The van der Waals surface area contributed by atoms with Crippen LogP contribution < -0.4 is 10.1 Å². The summed E-state index contributed by atoms with van der Waals surface area (Å²) in [6.07, 6.45) is -1.11. The van der Waals surface area contributed by atoms with Gasteiger partial charge in [0.25, 0.3) is 10.1 Å². The Bertz CT molecular complexity index is 928. The quantitative estimate of drug-likeness (QED) is 0.583. The predicted molar refractivity (Wildman–Crippen MR) is 103 cm³/mol. The van der Waals surface area contributed by atoms with Crippen LogP contribution in [0.25, 0.3) is 0 Å².